The van der Waals surface area contributed by atoms with Gasteiger partial charge in [-0.15, -0.1) is 0 Å². The van der Waals surface area contributed by atoms with Gasteiger partial charge in [-0.1, -0.05) is 12.1 Å². The fourth-order valence-corrected chi connectivity index (χ4v) is 5.30. The molecule has 2 aliphatic rings. The quantitative estimate of drug-likeness (QED) is 0.195. The number of hydrogen-bond acceptors (Lipinski definition) is 13. The maximum absolute atomic E-state index is 12.9. The van der Waals surface area contributed by atoms with Crippen LogP contribution in [-0.2, 0) is 0 Å². The molecule has 0 aliphatic carbocycles. The summed E-state index contributed by atoms with van der Waals surface area (Å²) < 4.78 is 10.1. The van der Waals surface area contributed by atoms with Crippen LogP contribution in [0.15, 0.2) is 53.3 Å². The first-order chi connectivity index (χ1) is 18.9. The Kier molecular flexibility index (Phi) is 10.3. The van der Waals surface area contributed by atoms with Crippen LogP contribution in [0.1, 0.15) is 21.7 Å². The number of benzene rings is 1. The number of nitrogens with zero attached hydrogens (tertiary/aromatic N) is 6. The van der Waals surface area contributed by atoms with E-state index < -0.39 is 0 Å². The number of piperazine rings is 2. The van der Waals surface area contributed by atoms with Gasteiger partial charge >= 0.3 is 0 Å². The van der Waals surface area contributed by atoms with Gasteiger partial charge in [0.15, 0.2) is 5.75 Å². The van der Waals surface area contributed by atoms with Crippen molar-refractivity contribution >= 4 is 36.0 Å². The summed E-state index contributed by atoms with van der Waals surface area (Å²) in [6, 6.07) is 10.8. The first-order valence-electron chi connectivity index (χ1n) is 12.5. The molecule has 0 radical (unpaired) electrons. The van der Waals surface area contributed by atoms with E-state index in [1.54, 1.807) is 36.4 Å². The largest absolute Gasteiger partial charge is 0.409 e. The molecule has 2 saturated heterocycles. The summed E-state index contributed by atoms with van der Waals surface area (Å²) in [6.07, 6.45) is 3.23. The molecule has 0 unspecified atom stereocenters. The van der Waals surface area contributed by atoms with Crippen LogP contribution in [0, 0.1) is 18.3 Å². The predicted octanol–water partition coefficient (Wildman–Crippen LogP) is 1.30. The number of rotatable bonds is 9. The Labute approximate surface area is 236 Å². The van der Waals surface area contributed by atoms with Crippen molar-refractivity contribution in [1.29, 1.82) is 5.26 Å². The molecule has 0 spiro atoms. The number of aromatic nitrogens is 2. The summed E-state index contributed by atoms with van der Waals surface area (Å²) in [5.41, 5.74) is 13.8. The van der Waals surface area contributed by atoms with E-state index in [4.69, 9.17) is 20.9 Å². The molecule has 1 aromatic heterocycles. The van der Waals surface area contributed by atoms with Crippen molar-refractivity contribution in [2.75, 3.05) is 57.3 Å². The molecule has 14 heteroatoms. The first kappa shape index (κ1) is 28.5. The van der Waals surface area contributed by atoms with Crippen LogP contribution >= 0.6 is 24.2 Å². The molecule has 2 fully saturated rings. The average Bonchev–Trinajstić information content (AvgIpc) is 2.95. The Balaban J connectivity index is 1.26. The van der Waals surface area contributed by atoms with Crippen LogP contribution in [0.4, 0.5) is 5.95 Å². The number of amides is 1. The summed E-state index contributed by atoms with van der Waals surface area (Å²) >= 11 is 2.66. The van der Waals surface area contributed by atoms with Crippen LogP contribution in [0.25, 0.3) is 0 Å². The van der Waals surface area contributed by atoms with Gasteiger partial charge in [0.2, 0.25) is 5.95 Å². The average molecular weight is 569 g/mol. The second-order valence-electron chi connectivity index (χ2n) is 8.79. The van der Waals surface area contributed by atoms with Crippen molar-refractivity contribution in [2.45, 2.75) is 6.92 Å². The zero-order valence-electron chi connectivity index (χ0n) is 21.7. The van der Waals surface area contributed by atoms with Gasteiger partial charge in [-0.05, 0) is 49.2 Å². The molecule has 2 aromatic rings. The van der Waals surface area contributed by atoms with Gasteiger partial charge in [-0.3, -0.25) is 4.79 Å². The second kappa shape index (κ2) is 14.1. The molecule has 0 bridgehead atoms. The minimum Gasteiger partial charge on any atom is -0.409 e. The van der Waals surface area contributed by atoms with Crippen molar-refractivity contribution in [2.24, 2.45) is 11.5 Å². The molecule has 12 nitrogen and oxygen atoms in total. The third kappa shape index (κ3) is 8.50. The molecule has 0 saturated carbocycles. The molecule has 6 N–H and O–H groups in total. The number of allylic oxidation sites excluding steroid dienone is 2. The van der Waals surface area contributed by atoms with Gasteiger partial charge in [0.25, 0.3) is 5.91 Å². The zero-order chi connectivity index (χ0) is 27.6. The third-order valence-electron chi connectivity index (χ3n) is 5.84. The summed E-state index contributed by atoms with van der Waals surface area (Å²) in [5.74, 6) is 0.841. The van der Waals surface area contributed by atoms with E-state index in [1.807, 2.05) is 13.0 Å². The highest BCUT2D eigenvalue weighted by Gasteiger charge is 2.21. The lowest BCUT2D eigenvalue weighted by molar-refractivity contribution is 0.0964. The molecule has 1 amide bonds. The van der Waals surface area contributed by atoms with Crippen LogP contribution < -0.4 is 31.2 Å². The number of carbonyl (C=O) groups is 1. The van der Waals surface area contributed by atoms with Gasteiger partial charge in [-0.25, -0.2) is 18.6 Å². The van der Waals surface area contributed by atoms with Crippen molar-refractivity contribution in [3.8, 4) is 11.8 Å². The van der Waals surface area contributed by atoms with Crippen molar-refractivity contribution in [1.82, 2.24) is 29.2 Å². The number of carbonyl (C=O) groups excluding carboxylic acids is 1. The molecular formula is C25H32N10O2S2. The maximum atomic E-state index is 12.9. The zero-order valence-corrected chi connectivity index (χ0v) is 23.3. The molecule has 1 aromatic carbocycles. The van der Waals surface area contributed by atoms with Crippen molar-refractivity contribution in [3.05, 3.63) is 70.3 Å². The number of anilines is 1. The van der Waals surface area contributed by atoms with Gasteiger partial charge < -0.3 is 31.2 Å². The molecular weight excluding hydrogens is 536 g/mol. The molecule has 206 valence electrons. The second-order valence-corrected chi connectivity index (χ2v) is 10.8. The number of hydrogen-bond donors (Lipinski definition) is 4. The van der Waals surface area contributed by atoms with E-state index in [0.717, 1.165) is 45.0 Å². The first-order valence-corrected chi connectivity index (χ1v) is 14.0. The smallest absolute Gasteiger partial charge is 0.260 e. The van der Waals surface area contributed by atoms with Crippen LogP contribution in [-0.4, -0.2) is 76.8 Å². The van der Waals surface area contributed by atoms with E-state index in [0.29, 0.717) is 41.1 Å². The van der Waals surface area contributed by atoms with Gasteiger partial charge in [0, 0.05) is 58.1 Å². The summed E-state index contributed by atoms with van der Waals surface area (Å²) in [5, 5.41) is 15.7. The molecule has 3 heterocycles. The van der Waals surface area contributed by atoms with Crippen LogP contribution in [0.3, 0.4) is 0 Å². The Morgan fingerprint density at radius 3 is 2.59 bits per heavy atom. The Hall–Kier alpha value is -3.48. The van der Waals surface area contributed by atoms with Crippen LogP contribution in [0.2, 0.25) is 0 Å². The fourth-order valence-electron chi connectivity index (χ4n) is 3.86. The number of nitriles is 1. The minimum atomic E-state index is -0.367. The molecule has 39 heavy (non-hydrogen) atoms. The topological polar surface area (TPSA) is 162 Å². The Bertz CT molecular complexity index is 1250. The van der Waals surface area contributed by atoms with Crippen molar-refractivity contribution < 1.29 is 8.98 Å². The number of nitrogens with one attached hydrogen (secondary N) is 2. The fraction of sp³-hybridized carbons (Fsp3) is 0.360. The van der Waals surface area contributed by atoms with E-state index in [9.17, 15) is 4.79 Å². The van der Waals surface area contributed by atoms with Gasteiger partial charge in [0.1, 0.15) is 29.8 Å². The molecule has 0 atom stereocenters. The van der Waals surface area contributed by atoms with E-state index in [-0.39, 0.29) is 11.7 Å². The monoisotopic (exact) mass is 568 g/mol. The SMILES string of the molecule is Cc1cc(C#N)nc(N2CCN(S/C(N)=C/C=C(\N)NC(=O)c3ccccc3OSN3CCNCC3)CC2)n1. The Morgan fingerprint density at radius 2 is 1.85 bits per heavy atom. The summed E-state index contributed by atoms with van der Waals surface area (Å²) in [7, 11) is 0. The van der Waals surface area contributed by atoms with E-state index >= 15 is 0 Å². The van der Waals surface area contributed by atoms with Gasteiger partial charge in [0.05, 0.1) is 10.6 Å². The molecule has 4 rings (SSSR count). The normalized spacial score (nSPS) is 17.5. The number of para-hydroxylation sites is 1. The number of aryl methyl sites for hydroxylation is 1. The predicted molar refractivity (Wildman–Crippen MR) is 154 cm³/mol. The lowest BCUT2D eigenvalue weighted by Crippen LogP contribution is -2.44. The van der Waals surface area contributed by atoms with E-state index in [1.165, 1.54) is 24.2 Å². The van der Waals surface area contributed by atoms with Crippen LogP contribution in [0.5, 0.6) is 5.75 Å². The maximum Gasteiger partial charge on any atom is 0.260 e. The lowest BCUT2D eigenvalue weighted by Gasteiger charge is -2.33. The minimum absolute atomic E-state index is 0.169. The van der Waals surface area contributed by atoms with Crippen molar-refractivity contribution in [3.63, 3.8) is 0 Å². The Morgan fingerprint density at radius 1 is 1.10 bits per heavy atom. The number of nitrogens with two attached hydrogens (primary N) is 2. The molecule has 2 aliphatic heterocycles. The summed E-state index contributed by atoms with van der Waals surface area (Å²) in [6.45, 7) is 8.25. The highest BCUT2D eigenvalue weighted by atomic mass is 32.2. The lowest BCUT2D eigenvalue weighted by atomic mass is 10.2. The highest BCUT2D eigenvalue weighted by molar-refractivity contribution is 8.00. The highest BCUT2D eigenvalue weighted by Crippen LogP contribution is 2.25. The standard InChI is InChI=1S/C25H32N10O2S2/c1-18-16-19(17-26)31-25(30-18)33-12-14-34(15-13-33)38-23(28)7-6-22(27)32-24(36)20-4-2-3-5-21(20)37-39-35-10-8-29-9-11-35/h2-7,16,29H,8-15,27-28H2,1H3,(H,32,36)/b22-6+,23-7+. The summed E-state index contributed by atoms with van der Waals surface area (Å²) in [4.78, 5) is 23.7. The van der Waals surface area contributed by atoms with E-state index in [2.05, 4.69) is 40.2 Å². The van der Waals surface area contributed by atoms with Gasteiger partial charge in [-0.2, -0.15) is 5.26 Å². The third-order valence-corrected chi connectivity index (χ3v) is 7.64.